The van der Waals surface area contributed by atoms with E-state index >= 15 is 0 Å². The molecule has 0 amide bonds. The summed E-state index contributed by atoms with van der Waals surface area (Å²) in [5.41, 5.74) is 1.09. The maximum atomic E-state index is 6.22. The summed E-state index contributed by atoms with van der Waals surface area (Å²) in [5, 5.41) is 0.754. The Morgan fingerprint density at radius 1 is 0.895 bits per heavy atom. The van der Waals surface area contributed by atoms with E-state index in [1.165, 1.54) is 37.7 Å². The number of halogens is 3. The van der Waals surface area contributed by atoms with Crippen LogP contribution in [0.3, 0.4) is 0 Å². The van der Waals surface area contributed by atoms with Gasteiger partial charge in [-0.05, 0) is 24.1 Å². The zero-order valence-electron chi connectivity index (χ0n) is 11.6. The van der Waals surface area contributed by atoms with Gasteiger partial charge in [-0.1, -0.05) is 62.8 Å². The summed E-state index contributed by atoms with van der Waals surface area (Å²) in [5.74, 6) is 1.12. The zero-order chi connectivity index (χ0) is 14.1. The van der Waals surface area contributed by atoms with Gasteiger partial charge in [-0.25, -0.2) is 0 Å². The molecule has 0 aromatic heterocycles. The highest BCUT2D eigenvalue weighted by Crippen LogP contribution is 2.34. The average Bonchev–Trinajstić information content (AvgIpc) is 2.45. The van der Waals surface area contributed by atoms with Crippen molar-refractivity contribution in [3.8, 4) is 0 Å². The number of alkyl halides is 2. The van der Waals surface area contributed by atoms with Gasteiger partial charge in [-0.3, -0.25) is 0 Å². The summed E-state index contributed by atoms with van der Waals surface area (Å²) in [6, 6.07) is 7.95. The van der Waals surface area contributed by atoms with Gasteiger partial charge in [-0.2, -0.15) is 0 Å². The second-order valence-electron chi connectivity index (χ2n) is 5.22. The van der Waals surface area contributed by atoms with Gasteiger partial charge in [0.05, 0.1) is 0 Å². The van der Waals surface area contributed by atoms with Crippen molar-refractivity contribution in [1.82, 2.24) is 0 Å². The molecule has 0 aliphatic heterocycles. The molecule has 0 nitrogen and oxygen atoms in total. The minimum absolute atomic E-state index is 0.111. The van der Waals surface area contributed by atoms with Gasteiger partial charge in [0, 0.05) is 22.2 Å². The van der Waals surface area contributed by atoms with Crippen LogP contribution in [0.4, 0.5) is 0 Å². The normalized spacial score (nSPS) is 11.8. The molecule has 3 heteroatoms. The summed E-state index contributed by atoms with van der Waals surface area (Å²) in [4.78, 5) is 0. The van der Waals surface area contributed by atoms with Crippen molar-refractivity contribution in [2.75, 3.05) is 11.8 Å². The Labute approximate surface area is 132 Å². The Morgan fingerprint density at radius 3 is 2.00 bits per heavy atom. The number of unbranched alkanes of at least 4 members (excludes halogenated alkanes) is 4. The molecule has 1 rings (SSSR count). The largest absolute Gasteiger partial charge is 0.126 e. The molecule has 0 fully saturated rings. The van der Waals surface area contributed by atoms with Crippen LogP contribution in [0.15, 0.2) is 24.3 Å². The van der Waals surface area contributed by atoms with Crippen LogP contribution in [0.5, 0.6) is 0 Å². The predicted octanol–water partition coefficient (Wildman–Crippen LogP) is 6.42. The first kappa shape index (κ1) is 17.1. The van der Waals surface area contributed by atoms with Crippen molar-refractivity contribution >= 4 is 34.8 Å². The summed E-state index contributed by atoms with van der Waals surface area (Å²) in [7, 11) is 0. The number of benzene rings is 1. The van der Waals surface area contributed by atoms with Gasteiger partial charge in [0.15, 0.2) is 0 Å². The van der Waals surface area contributed by atoms with E-state index in [2.05, 4.69) is 19.1 Å². The monoisotopic (exact) mass is 320 g/mol. The van der Waals surface area contributed by atoms with Crippen LogP contribution in [0, 0.1) is 0 Å². The van der Waals surface area contributed by atoms with E-state index in [0.29, 0.717) is 11.8 Å². The van der Waals surface area contributed by atoms with E-state index in [9.17, 15) is 0 Å². The Kier molecular flexibility index (Phi) is 8.21. The summed E-state index contributed by atoms with van der Waals surface area (Å²) in [6.07, 6.45) is 7.38. The van der Waals surface area contributed by atoms with Crippen LogP contribution in [0.2, 0.25) is 5.02 Å². The number of hydrogen-bond donors (Lipinski definition) is 0. The van der Waals surface area contributed by atoms with Crippen LogP contribution < -0.4 is 0 Å². The summed E-state index contributed by atoms with van der Waals surface area (Å²) in [6.45, 7) is 2.23. The van der Waals surface area contributed by atoms with E-state index in [-0.39, 0.29) is 5.41 Å². The molecule has 19 heavy (non-hydrogen) atoms. The fourth-order valence-electron chi connectivity index (χ4n) is 2.34. The highest BCUT2D eigenvalue weighted by atomic mass is 35.5. The highest BCUT2D eigenvalue weighted by molar-refractivity contribution is 6.30. The van der Waals surface area contributed by atoms with Crippen LogP contribution in [0.1, 0.15) is 51.0 Å². The smallest absolute Gasteiger partial charge is 0.0406 e. The van der Waals surface area contributed by atoms with E-state index in [4.69, 9.17) is 34.8 Å². The third kappa shape index (κ3) is 5.17. The summed E-state index contributed by atoms with van der Waals surface area (Å²) < 4.78 is 0. The molecule has 0 saturated heterocycles. The molecule has 0 radical (unpaired) electrons. The molecule has 0 unspecified atom stereocenters. The third-order valence-electron chi connectivity index (χ3n) is 3.73. The van der Waals surface area contributed by atoms with Crippen molar-refractivity contribution in [2.24, 2.45) is 0 Å². The Bertz CT molecular complexity index is 342. The lowest BCUT2D eigenvalue weighted by molar-refractivity contribution is 0.454. The molecule has 0 N–H and O–H groups in total. The minimum Gasteiger partial charge on any atom is -0.126 e. The highest BCUT2D eigenvalue weighted by Gasteiger charge is 2.29. The van der Waals surface area contributed by atoms with Crippen molar-refractivity contribution in [3.63, 3.8) is 0 Å². The maximum absolute atomic E-state index is 6.22. The Hall–Kier alpha value is 0.0900. The molecule has 0 bridgehead atoms. The molecule has 1 aromatic rings. The topological polar surface area (TPSA) is 0 Å². The van der Waals surface area contributed by atoms with Crippen molar-refractivity contribution in [1.29, 1.82) is 0 Å². The standard InChI is InChI=1S/C16H23Cl3/c1-2-3-4-5-6-11-16(12-17,13-18)14-7-9-15(19)10-8-14/h7-10H,2-6,11-13H2,1H3. The second kappa shape index (κ2) is 9.10. The van der Waals surface area contributed by atoms with Crippen LogP contribution in [0.25, 0.3) is 0 Å². The molecule has 0 aliphatic rings. The van der Waals surface area contributed by atoms with Gasteiger partial charge in [0.2, 0.25) is 0 Å². The number of rotatable bonds is 9. The van der Waals surface area contributed by atoms with Crippen molar-refractivity contribution < 1.29 is 0 Å². The molecule has 1 aromatic carbocycles. The van der Waals surface area contributed by atoms with Gasteiger partial charge in [0.1, 0.15) is 0 Å². The van der Waals surface area contributed by atoms with Crippen molar-refractivity contribution in [2.45, 2.75) is 50.9 Å². The molecule has 0 spiro atoms. The lowest BCUT2D eigenvalue weighted by Gasteiger charge is -2.30. The number of hydrogen-bond acceptors (Lipinski definition) is 0. The van der Waals surface area contributed by atoms with Gasteiger partial charge in [-0.15, -0.1) is 23.2 Å². The summed E-state index contributed by atoms with van der Waals surface area (Å²) >= 11 is 18.4. The molecule has 0 aliphatic carbocycles. The first-order chi connectivity index (χ1) is 9.18. The van der Waals surface area contributed by atoms with Crippen molar-refractivity contribution in [3.05, 3.63) is 34.9 Å². The fraction of sp³-hybridized carbons (Fsp3) is 0.625. The van der Waals surface area contributed by atoms with Crippen LogP contribution >= 0.6 is 34.8 Å². The second-order valence-corrected chi connectivity index (χ2v) is 6.19. The molecule has 0 saturated carbocycles. The van der Waals surface area contributed by atoms with E-state index in [0.717, 1.165) is 11.4 Å². The van der Waals surface area contributed by atoms with Crippen LogP contribution in [-0.2, 0) is 5.41 Å². The Morgan fingerprint density at radius 2 is 1.47 bits per heavy atom. The van der Waals surface area contributed by atoms with E-state index in [1.807, 2.05) is 12.1 Å². The van der Waals surface area contributed by atoms with E-state index < -0.39 is 0 Å². The maximum Gasteiger partial charge on any atom is 0.0406 e. The predicted molar refractivity (Wildman–Crippen MR) is 87.9 cm³/mol. The minimum atomic E-state index is -0.111. The first-order valence-corrected chi connectivity index (χ1v) is 8.51. The average molecular weight is 322 g/mol. The third-order valence-corrected chi connectivity index (χ3v) is 5.00. The van der Waals surface area contributed by atoms with Gasteiger partial charge in [0.25, 0.3) is 0 Å². The van der Waals surface area contributed by atoms with Crippen LogP contribution in [-0.4, -0.2) is 11.8 Å². The van der Waals surface area contributed by atoms with E-state index in [1.54, 1.807) is 0 Å². The molecule has 108 valence electrons. The molecular weight excluding hydrogens is 299 g/mol. The Balaban J connectivity index is 2.65. The molecule has 0 atom stereocenters. The molecular formula is C16H23Cl3. The lowest BCUT2D eigenvalue weighted by Crippen LogP contribution is -2.30. The SMILES string of the molecule is CCCCCCCC(CCl)(CCl)c1ccc(Cl)cc1. The zero-order valence-corrected chi connectivity index (χ0v) is 13.9. The van der Waals surface area contributed by atoms with Gasteiger partial charge >= 0.3 is 0 Å². The lowest BCUT2D eigenvalue weighted by atomic mass is 9.79. The quantitative estimate of drug-likeness (QED) is 0.364. The first-order valence-electron chi connectivity index (χ1n) is 7.06. The van der Waals surface area contributed by atoms with Gasteiger partial charge < -0.3 is 0 Å². The fourth-order valence-corrected chi connectivity index (χ4v) is 3.33. The molecule has 0 heterocycles.